The fourth-order valence-electron chi connectivity index (χ4n) is 4.37. The monoisotopic (exact) mass is 423 g/mol. The van der Waals surface area contributed by atoms with Crippen molar-refractivity contribution in [1.82, 2.24) is 9.80 Å². The lowest BCUT2D eigenvalue weighted by Crippen LogP contribution is -2.62. The number of hydrogen-bond donors (Lipinski definition) is 0. The molecule has 4 rings (SSSR count). The SMILES string of the molecule is CC1OC2(CCN(CC(=O)N3CCOCC3)CC2)CN(c2ccccc2)C1=O.Cl. The summed E-state index contributed by atoms with van der Waals surface area (Å²) in [5.41, 5.74) is 0.591. The van der Waals surface area contributed by atoms with Gasteiger partial charge in [-0.2, -0.15) is 0 Å². The number of carbonyl (C=O) groups is 2. The molecule has 3 aliphatic rings. The molecule has 3 fully saturated rings. The smallest absolute Gasteiger partial charge is 0.255 e. The maximum atomic E-state index is 12.7. The Bertz CT molecular complexity index is 703. The fourth-order valence-corrected chi connectivity index (χ4v) is 4.37. The number of carbonyl (C=O) groups excluding carboxylic acids is 2. The summed E-state index contributed by atoms with van der Waals surface area (Å²) in [6.45, 7) is 7.11. The molecule has 2 amide bonds. The van der Waals surface area contributed by atoms with Crippen LogP contribution in [0, 0.1) is 0 Å². The Morgan fingerprint density at radius 3 is 2.41 bits per heavy atom. The summed E-state index contributed by atoms with van der Waals surface area (Å²) in [6.07, 6.45) is 1.20. The molecule has 1 atom stereocenters. The van der Waals surface area contributed by atoms with Crippen LogP contribution in [0.1, 0.15) is 19.8 Å². The standard InChI is InChI=1S/C21H29N3O4.ClH/c1-17-20(26)24(18-5-3-2-4-6-18)16-21(28-17)7-9-22(10-8-21)15-19(25)23-11-13-27-14-12-23;/h2-6,17H,7-16H2,1H3;1H. The molecule has 8 heteroatoms. The first-order chi connectivity index (χ1) is 13.6. The molecule has 1 aromatic rings. The Hall–Kier alpha value is -1.67. The topological polar surface area (TPSA) is 62.3 Å². The van der Waals surface area contributed by atoms with E-state index in [0.717, 1.165) is 31.6 Å². The third-order valence-corrected chi connectivity index (χ3v) is 6.04. The number of amides is 2. The van der Waals surface area contributed by atoms with Crippen LogP contribution in [0.25, 0.3) is 0 Å². The summed E-state index contributed by atoms with van der Waals surface area (Å²) in [4.78, 5) is 31.1. The number of hydrogen-bond acceptors (Lipinski definition) is 5. The second-order valence-electron chi connectivity index (χ2n) is 7.97. The van der Waals surface area contributed by atoms with Crippen molar-refractivity contribution < 1.29 is 19.1 Å². The Balaban J connectivity index is 0.00000240. The van der Waals surface area contributed by atoms with Crippen molar-refractivity contribution >= 4 is 29.9 Å². The third-order valence-electron chi connectivity index (χ3n) is 6.04. The van der Waals surface area contributed by atoms with Crippen LogP contribution >= 0.6 is 12.4 Å². The maximum absolute atomic E-state index is 12.7. The second kappa shape index (κ2) is 9.43. The molecule has 0 N–H and O–H groups in total. The zero-order valence-corrected chi connectivity index (χ0v) is 17.7. The number of benzene rings is 1. The number of piperidine rings is 1. The minimum absolute atomic E-state index is 0. The van der Waals surface area contributed by atoms with Gasteiger partial charge >= 0.3 is 0 Å². The van der Waals surface area contributed by atoms with Gasteiger partial charge in [0.05, 0.1) is 31.9 Å². The van der Waals surface area contributed by atoms with E-state index in [1.807, 2.05) is 47.1 Å². The van der Waals surface area contributed by atoms with Gasteiger partial charge in [0.2, 0.25) is 5.91 Å². The molecule has 0 aliphatic carbocycles. The summed E-state index contributed by atoms with van der Waals surface area (Å²) < 4.78 is 11.5. The van der Waals surface area contributed by atoms with Crippen LogP contribution in [0.3, 0.4) is 0 Å². The number of para-hydroxylation sites is 1. The van der Waals surface area contributed by atoms with Crippen molar-refractivity contribution in [2.45, 2.75) is 31.5 Å². The highest BCUT2D eigenvalue weighted by Crippen LogP contribution is 2.34. The molecule has 0 radical (unpaired) electrons. The lowest BCUT2D eigenvalue weighted by molar-refractivity contribution is -0.162. The predicted octanol–water partition coefficient (Wildman–Crippen LogP) is 1.55. The van der Waals surface area contributed by atoms with Gasteiger partial charge in [-0.3, -0.25) is 14.5 Å². The lowest BCUT2D eigenvalue weighted by atomic mass is 9.88. The van der Waals surface area contributed by atoms with E-state index in [4.69, 9.17) is 9.47 Å². The van der Waals surface area contributed by atoms with Gasteiger partial charge < -0.3 is 19.3 Å². The molecule has 160 valence electrons. The summed E-state index contributed by atoms with van der Waals surface area (Å²) >= 11 is 0. The van der Waals surface area contributed by atoms with Crippen molar-refractivity contribution in [3.8, 4) is 0 Å². The minimum atomic E-state index is -0.449. The fraction of sp³-hybridized carbons (Fsp3) is 0.619. The zero-order chi connectivity index (χ0) is 19.6. The number of likely N-dealkylation sites (tertiary alicyclic amines) is 1. The van der Waals surface area contributed by atoms with Gasteiger partial charge in [-0.1, -0.05) is 18.2 Å². The molecule has 7 nitrogen and oxygen atoms in total. The number of anilines is 1. The van der Waals surface area contributed by atoms with Crippen LogP contribution in [-0.2, 0) is 19.1 Å². The van der Waals surface area contributed by atoms with Gasteiger partial charge in [0.15, 0.2) is 0 Å². The van der Waals surface area contributed by atoms with Gasteiger partial charge in [-0.05, 0) is 31.9 Å². The molecule has 3 heterocycles. The summed E-state index contributed by atoms with van der Waals surface area (Å²) in [5, 5.41) is 0. The van der Waals surface area contributed by atoms with E-state index >= 15 is 0 Å². The van der Waals surface area contributed by atoms with Gasteiger partial charge in [0.1, 0.15) is 6.10 Å². The number of morpholine rings is 2. The molecular formula is C21H30ClN3O4. The van der Waals surface area contributed by atoms with Gasteiger partial charge in [0.25, 0.3) is 5.91 Å². The normalized spacial score (nSPS) is 25.0. The average molecular weight is 424 g/mol. The second-order valence-corrected chi connectivity index (χ2v) is 7.97. The van der Waals surface area contributed by atoms with Crippen LogP contribution in [0.15, 0.2) is 30.3 Å². The Morgan fingerprint density at radius 2 is 1.76 bits per heavy atom. The van der Waals surface area contributed by atoms with Crippen molar-refractivity contribution in [2.75, 3.05) is 57.4 Å². The predicted molar refractivity (Wildman–Crippen MR) is 112 cm³/mol. The molecule has 0 saturated carbocycles. The van der Waals surface area contributed by atoms with E-state index in [1.165, 1.54) is 0 Å². The van der Waals surface area contributed by atoms with Gasteiger partial charge in [-0.15, -0.1) is 12.4 Å². The van der Waals surface area contributed by atoms with E-state index in [0.29, 0.717) is 39.4 Å². The average Bonchev–Trinajstić information content (AvgIpc) is 2.74. The van der Waals surface area contributed by atoms with Crippen LogP contribution in [-0.4, -0.2) is 85.8 Å². The molecule has 1 unspecified atom stereocenters. The number of ether oxygens (including phenoxy) is 2. The van der Waals surface area contributed by atoms with Gasteiger partial charge in [0, 0.05) is 31.9 Å². The lowest BCUT2D eigenvalue weighted by Gasteiger charge is -2.49. The quantitative estimate of drug-likeness (QED) is 0.738. The summed E-state index contributed by atoms with van der Waals surface area (Å²) in [5.74, 6) is 0.194. The van der Waals surface area contributed by atoms with Crippen molar-refractivity contribution in [3.05, 3.63) is 30.3 Å². The van der Waals surface area contributed by atoms with Crippen LogP contribution in [0.2, 0.25) is 0 Å². The van der Waals surface area contributed by atoms with Crippen LogP contribution in [0.5, 0.6) is 0 Å². The van der Waals surface area contributed by atoms with E-state index in [-0.39, 0.29) is 29.8 Å². The molecule has 1 aromatic carbocycles. The van der Waals surface area contributed by atoms with E-state index in [2.05, 4.69) is 4.90 Å². The van der Waals surface area contributed by atoms with E-state index in [9.17, 15) is 9.59 Å². The first-order valence-electron chi connectivity index (χ1n) is 10.2. The highest BCUT2D eigenvalue weighted by atomic mass is 35.5. The van der Waals surface area contributed by atoms with E-state index in [1.54, 1.807) is 0 Å². The molecule has 0 bridgehead atoms. The molecule has 29 heavy (non-hydrogen) atoms. The van der Waals surface area contributed by atoms with E-state index < -0.39 is 6.10 Å². The molecule has 3 aliphatic heterocycles. The van der Waals surface area contributed by atoms with Crippen LogP contribution in [0.4, 0.5) is 5.69 Å². The van der Waals surface area contributed by atoms with Crippen molar-refractivity contribution in [2.24, 2.45) is 0 Å². The molecule has 0 aromatic heterocycles. The first kappa shape index (κ1) is 22.0. The summed E-state index contributed by atoms with van der Waals surface area (Å²) in [6, 6.07) is 9.81. The van der Waals surface area contributed by atoms with Gasteiger partial charge in [-0.25, -0.2) is 0 Å². The summed E-state index contributed by atoms with van der Waals surface area (Å²) in [7, 11) is 0. The Kier molecular flexibility index (Phi) is 7.16. The molecule has 3 saturated heterocycles. The minimum Gasteiger partial charge on any atom is -0.378 e. The highest BCUT2D eigenvalue weighted by molar-refractivity contribution is 5.97. The molecule has 1 spiro atoms. The number of nitrogens with zero attached hydrogens (tertiary/aromatic N) is 3. The molecular weight excluding hydrogens is 394 g/mol. The largest absolute Gasteiger partial charge is 0.378 e. The Morgan fingerprint density at radius 1 is 1.10 bits per heavy atom. The maximum Gasteiger partial charge on any atom is 0.255 e. The van der Waals surface area contributed by atoms with Crippen molar-refractivity contribution in [3.63, 3.8) is 0 Å². The van der Waals surface area contributed by atoms with Crippen molar-refractivity contribution in [1.29, 1.82) is 0 Å². The zero-order valence-electron chi connectivity index (χ0n) is 16.9. The first-order valence-corrected chi connectivity index (χ1v) is 10.2. The van der Waals surface area contributed by atoms with Crippen LogP contribution < -0.4 is 4.90 Å². The Labute approximate surface area is 178 Å². The number of halogens is 1. The highest BCUT2D eigenvalue weighted by Gasteiger charge is 2.45. The number of rotatable bonds is 3. The third kappa shape index (κ3) is 4.91.